The largest absolute Gasteiger partial charge is 0.481 e. The molecule has 1 N–H and O–H groups in total. The molecule has 0 spiro atoms. The number of halogens is 1. The first-order valence-corrected chi connectivity index (χ1v) is 9.51. The summed E-state index contributed by atoms with van der Waals surface area (Å²) in [7, 11) is 0. The molecule has 3 aromatic heterocycles. The fourth-order valence-corrected chi connectivity index (χ4v) is 4.28. The Morgan fingerprint density at radius 1 is 1.21 bits per heavy atom. The van der Waals surface area contributed by atoms with Crippen molar-refractivity contribution in [2.75, 3.05) is 6.54 Å². The monoisotopic (exact) mass is 394 g/mol. The zero-order valence-electron chi connectivity index (χ0n) is 14.7. The average Bonchev–Trinajstić information content (AvgIpc) is 3.43. The summed E-state index contributed by atoms with van der Waals surface area (Å²) in [6.45, 7) is 1.66. The summed E-state index contributed by atoms with van der Waals surface area (Å²) in [5, 5.41) is 8.23. The molecule has 28 heavy (non-hydrogen) atoms. The normalized spacial score (nSPS) is 18.1. The van der Waals surface area contributed by atoms with Crippen molar-refractivity contribution in [2.24, 2.45) is 0 Å². The van der Waals surface area contributed by atoms with E-state index in [4.69, 9.17) is 25.3 Å². The minimum atomic E-state index is -0.239. The zero-order valence-corrected chi connectivity index (χ0v) is 15.5. The van der Waals surface area contributed by atoms with Crippen LogP contribution >= 0.6 is 11.6 Å². The molecule has 2 aliphatic heterocycles. The highest BCUT2D eigenvalue weighted by atomic mass is 35.5. The molecule has 0 saturated carbocycles. The molecule has 8 heteroatoms. The Kier molecular flexibility index (Phi) is 3.48. The van der Waals surface area contributed by atoms with Crippen molar-refractivity contribution in [2.45, 2.75) is 25.5 Å². The van der Waals surface area contributed by atoms with Gasteiger partial charge in [0, 0.05) is 53.7 Å². The highest BCUT2D eigenvalue weighted by molar-refractivity contribution is 6.31. The zero-order chi connectivity index (χ0) is 18.7. The van der Waals surface area contributed by atoms with Crippen LogP contribution in [0.4, 0.5) is 0 Å². The number of fused-ring (bicyclic) bond motifs is 3. The lowest BCUT2D eigenvalue weighted by atomic mass is 10.0. The third-order valence-corrected chi connectivity index (χ3v) is 5.55. The number of hydrogen-bond acceptors (Lipinski definition) is 7. The molecule has 1 aromatic carbocycles. The highest BCUT2D eigenvalue weighted by Crippen LogP contribution is 2.46. The molecule has 1 atom stereocenters. The van der Waals surface area contributed by atoms with Crippen molar-refractivity contribution in [3.63, 3.8) is 0 Å². The van der Waals surface area contributed by atoms with Crippen LogP contribution in [0.5, 0.6) is 5.75 Å². The number of ether oxygens (including phenoxy) is 1. The molecular weight excluding hydrogens is 380 g/mol. The van der Waals surface area contributed by atoms with Gasteiger partial charge in [0.1, 0.15) is 23.3 Å². The van der Waals surface area contributed by atoms with Crippen LogP contribution in [-0.4, -0.2) is 21.7 Å². The van der Waals surface area contributed by atoms with Gasteiger partial charge in [-0.3, -0.25) is 0 Å². The molecule has 5 heterocycles. The van der Waals surface area contributed by atoms with E-state index in [2.05, 4.69) is 20.4 Å². The lowest BCUT2D eigenvalue weighted by Gasteiger charge is -2.14. The van der Waals surface area contributed by atoms with Gasteiger partial charge < -0.3 is 19.0 Å². The fraction of sp³-hybridized carbons (Fsp3) is 0.250. The minimum absolute atomic E-state index is 0.239. The summed E-state index contributed by atoms with van der Waals surface area (Å²) in [6, 6.07) is 5.59. The van der Waals surface area contributed by atoms with E-state index in [1.807, 2.05) is 18.2 Å². The molecule has 0 saturated heterocycles. The second-order valence-electron chi connectivity index (χ2n) is 7.01. The van der Waals surface area contributed by atoms with Crippen LogP contribution in [-0.2, 0) is 19.4 Å². The number of furan rings is 1. The topological polar surface area (TPSA) is 86.2 Å². The van der Waals surface area contributed by atoms with Gasteiger partial charge in [0.25, 0.3) is 0 Å². The maximum atomic E-state index is 6.42. The Morgan fingerprint density at radius 3 is 3.14 bits per heavy atom. The number of rotatable bonds is 2. The predicted molar refractivity (Wildman–Crippen MR) is 101 cm³/mol. The Balaban J connectivity index is 1.46. The van der Waals surface area contributed by atoms with Crippen molar-refractivity contribution in [3.05, 3.63) is 58.4 Å². The molecule has 0 fully saturated rings. The SMILES string of the molecule is Clc1cc2c(c(-c3ncnc4ccoc34)c1)OC(c1onc3c1CNCC3)C2. The van der Waals surface area contributed by atoms with E-state index >= 15 is 0 Å². The number of aromatic nitrogens is 3. The van der Waals surface area contributed by atoms with Crippen LogP contribution in [0.25, 0.3) is 22.4 Å². The van der Waals surface area contributed by atoms with Gasteiger partial charge in [-0.05, 0) is 12.1 Å². The van der Waals surface area contributed by atoms with Crippen LogP contribution in [0.3, 0.4) is 0 Å². The lowest BCUT2D eigenvalue weighted by molar-refractivity contribution is 0.189. The number of benzene rings is 1. The van der Waals surface area contributed by atoms with Crippen LogP contribution < -0.4 is 10.1 Å². The van der Waals surface area contributed by atoms with Crippen molar-refractivity contribution < 1.29 is 13.7 Å². The molecular formula is C20H15ClN4O3. The molecule has 7 nitrogen and oxygen atoms in total. The van der Waals surface area contributed by atoms with Crippen molar-refractivity contribution in [1.82, 2.24) is 20.4 Å². The van der Waals surface area contributed by atoms with Gasteiger partial charge in [-0.2, -0.15) is 0 Å². The third kappa shape index (κ3) is 2.36. The highest BCUT2D eigenvalue weighted by Gasteiger charge is 2.34. The standard InChI is InChI=1S/C20H15ClN4O3/c21-11-5-10-6-16(19-13-8-22-3-1-14(13)25-28-19)27-18(10)12(7-11)17-20-15(2-4-26-20)23-9-24-17/h2,4-5,7,9,16,22H,1,3,6,8H2. The summed E-state index contributed by atoms with van der Waals surface area (Å²) in [6.07, 6.45) is 4.41. The van der Waals surface area contributed by atoms with E-state index in [1.54, 1.807) is 6.26 Å². The van der Waals surface area contributed by atoms with Crippen LogP contribution in [0.2, 0.25) is 5.02 Å². The predicted octanol–water partition coefficient (Wildman–Crippen LogP) is 3.85. The average molecular weight is 395 g/mol. The van der Waals surface area contributed by atoms with E-state index in [0.29, 0.717) is 22.7 Å². The van der Waals surface area contributed by atoms with Crippen LogP contribution in [0.15, 0.2) is 39.7 Å². The Morgan fingerprint density at radius 2 is 2.18 bits per heavy atom. The number of nitrogens with one attached hydrogen (secondary N) is 1. The van der Waals surface area contributed by atoms with Crippen molar-refractivity contribution in [3.8, 4) is 17.0 Å². The van der Waals surface area contributed by atoms with Crippen LogP contribution in [0.1, 0.15) is 28.7 Å². The number of hydrogen-bond donors (Lipinski definition) is 1. The number of nitrogens with zero attached hydrogens (tertiary/aromatic N) is 3. The molecule has 2 aliphatic rings. The second-order valence-corrected chi connectivity index (χ2v) is 7.44. The Labute approximate surface area is 164 Å². The van der Waals surface area contributed by atoms with Crippen molar-refractivity contribution in [1.29, 1.82) is 0 Å². The second kappa shape index (κ2) is 6.05. The first-order chi connectivity index (χ1) is 13.8. The van der Waals surface area contributed by atoms with E-state index in [1.165, 1.54) is 6.33 Å². The summed E-state index contributed by atoms with van der Waals surface area (Å²) in [5.41, 5.74) is 5.94. The quantitative estimate of drug-likeness (QED) is 0.552. The summed E-state index contributed by atoms with van der Waals surface area (Å²) < 4.78 is 17.7. The van der Waals surface area contributed by atoms with Gasteiger partial charge in [0.15, 0.2) is 17.4 Å². The molecule has 0 amide bonds. The Hall–Kier alpha value is -2.90. The van der Waals surface area contributed by atoms with Crippen molar-refractivity contribution >= 4 is 22.7 Å². The van der Waals surface area contributed by atoms with E-state index in [0.717, 1.165) is 58.9 Å². The maximum Gasteiger partial charge on any atom is 0.182 e. The summed E-state index contributed by atoms with van der Waals surface area (Å²) in [4.78, 5) is 8.67. The fourth-order valence-electron chi connectivity index (χ4n) is 4.04. The van der Waals surface area contributed by atoms with Crippen LogP contribution in [0, 0.1) is 0 Å². The molecule has 0 radical (unpaired) electrons. The lowest BCUT2D eigenvalue weighted by Crippen LogP contribution is -2.24. The minimum Gasteiger partial charge on any atom is -0.481 e. The van der Waals surface area contributed by atoms with E-state index in [-0.39, 0.29) is 6.10 Å². The molecule has 6 rings (SSSR count). The Bertz CT molecular complexity index is 1220. The van der Waals surface area contributed by atoms with Gasteiger partial charge >= 0.3 is 0 Å². The van der Waals surface area contributed by atoms with E-state index < -0.39 is 0 Å². The van der Waals surface area contributed by atoms with Gasteiger partial charge in [-0.1, -0.05) is 16.8 Å². The molecule has 4 aromatic rings. The van der Waals surface area contributed by atoms with Gasteiger partial charge in [-0.15, -0.1) is 0 Å². The summed E-state index contributed by atoms with van der Waals surface area (Å²) in [5.74, 6) is 1.53. The molecule has 0 aliphatic carbocycles. The van der Waals surface area contributed by atoms with E-state index in [9.17, 15) is 0 Å². The first-order valence-electron chi connectivity index (χ1n) is 9.13. The van der Waals surface area contributed by atoms with Gasteiger partial charge in [-0.25, -0.2) is 9.97 Å². The summed E-state index contributed by atoms with van der Waals surface area (Å²) >= 11 is 6.42. The smallest absolute Gasteiger partial charge is 0.182 e. The first kappa shape index (κ1) is 16.1. The molecule has 140 valence electrons. The van der Waals surface area contributed by atoms with Gasteiger partial charge in [0.2, 0.25) is 0 Å². The van der Waals surface area contributed by atoms with Gasteiger partial charge in [0.05, 0.1) is 12.0 Å². The maximum absolute atomic E-state index is 6.42. The third-order valence-electron chi connectivity index (χ3n) is 5.33. The molecule has 0 bridgehead atoms. The molecule has 1 unspecified atom stereocenters.